The minimum absolute atomic E-state index is 0.331. The van der Waals surface area contributed by atoms with Crippen molar-refractivity contribution in [3.05, 3.63) is 53.1 Å². The Kier molecular flexibility index (Phi) is 4.08. The second kappa shape index (κ2) is 5.95. The summed E-state index contributed by atoms with van der Waals surface area (Å²) in [7, 11) is 0. The van der Waals surface area contributed by atoms with Gasteiger partial charge in [-0.2, -0.15) is 5.26 Å². The molecule has 0 aliphatic rings. The molecule has 0 saturated carbocycles. The molecule has 2 aromatic rings. The number of benzene rings is 2. The largest absolute Gasteiger partial charge is 0.399 e. The lowest BCUT2D eigenvalue weighted by molar-refractivity contribution is 0.262. The summed E-state index contributed by atoms with van der Waals surface area (Å²) in [6.07, 6.45) is 0. The zero-order chi connectivity index (χ0) is 14.5. The van der Waals surface area contributed by atoms with Crippen LogP contribution in [0.5, 0.6) is 0 Å². The van der Waals surface area contributed by atoms with Gasteiger partial charge in [-0.3, -0.25) is 0 Å². The first-order chi connectivity index (χ1) is 9.58. The van der Waals surface area contributed by atoms with Crippen LogP contribution in [-0.2, 0) is 0 Å². The van der Waals surface area contributed by atoms with Gasteiger partial charge in [-0.1, -0.05) is 17.7 Å². The highest BCUT2D eigenvalue weighted by Gasteiger charge is 2.07. The Morgan fingerprint density at radius 3 is 2.70 bits per heavy atom. The van der Waals surface area contributed by atoms with Crippen LogP contribution in [0.15, 0.2) is 42.5 Å². The molecule has 6 heteroatoms. The number of nitrogen functional groups attached to an aromatic ring is 1. The lowest BCUT2D eigenvalue weighted by atomic mass is 10.2. The van der Waals surface area contributed by atoms with Gasteiger partial charge in [0, 0.05) is 16.4 Å². The van der Waals surface area contributed by atoms with Crippen LogP contribution >= 0.6 is 11.6 Å². The number of halogens is 1. The third-order valence-electron chi connectivity index (χ3n) is 2.49. The van der Waals surface area contributed by atoms with Crippen molar-refractivity contribution in [2.45, 2.75) is 0 Å². The van der Waals surface area contributed by atoms with Crippen LogP contribution in [0.2, 0.25) is 5.02 Å². The predicted octanol–water partition coefficient (Wildman–Crippen LogP) is 3.44. The molecule has 0 bridgehead atoms. The molecule has 2 aromatic carbocycles. The highest BCUT2D eigenvalue weighted by atomic mass is 35.5. The first kappa shape index (κ1) is 13.7. The molecule has 0 aliphatic carbocycles. The number of hydrogen-bond donors (Lipinski definition) is 3. The van der Waals surface area contributed by atoms with Crippen molar-refractivity contribution < 1.29 is 4.79 Å². The van der Waals surface area contributed by atoms with Crippen molar-refractivity contribution in [1.29, 1.82) is 5.26 Å². The van der Waals surface area contributed by atoms with E-state index in [-0.39, 0.29) is 0 Å². The Bertz CT molecular complexity index is 694. The maximum Gasteiger partial charge on any atom is 0.323 e. The first-order valence-corrected chi connectivity index (χ1v) is 6.09. The third kappa shape index (κ3) is 3.40. The number of rotatable bonds is 2. The van der Waals surface area contributed by atoms with Gasteiger partial charge in [0.05, 0.1) is 11.3 Å². The van der Waals surface area contributed by atoms with Crippen LogP contribution in [0, 0.1) is 11.3 Å². The molecule has 0 aromatic heterocycles. The van der Waals surface area contributed by atoms with Crippen molar-refractivity contribution in [2.24, 2.45) is 0 Å². The summed E-state index contributed by atoms with van der Waals surface area (Å²) >= 11 is 5.84. The van der Waals surface area contributed by atoms with Crippen LogP contribution < -0.4 is 16.4 Å². The number of nitrogens with one attached hydrogen (secondary N) is 2. The molecule has 0 unspecified atom stereocenters. The lowest BCUT2D eigenvalue weighted by Crippen LogP contribution is -2.20. The molecule has 0 aliphatic heterocycles. The average molecular weight is 287 g/mol. The van der Waals surface area contributed by atoms with E-state index in [1.807, 2.05) is 6.07 Å². The number of nitrogens with zero attached hydrogens (tertiary/aromatic N) is 1. The Morgan fingerprint density at radius 2 is 2.00 bits per heavy atom. The minimum Gasteiger partial charge on any atom is -0.399 e. The molecule has 5 nitrogen and oxygen atoms in total. The Balaban J connectivity index is 2.13. The monoisotopic (exact) mass is 286 g/mol. The molecule has 0 fully saturated rings. The number of hydrogen-bond acceptors (Lipinski definition) is 3. The molecule has 0 saturated heterocycles. The van der Waals surface area contributed by atoms with Crippen LogP contribution in [-0.4, -0.2) is 6.03 Å². The molecule has 0 spiro atoms. The van der Waals surface area contributed by atoms with Gasteiger partial charge >= 0.3 is 6.03 Å². The van der Waals surface area contributed by atoms with E-state index in [4.69, 9.17) is 22.6 Å². The van der Waals surface area contributed by atoms with E-state index >= 15 is 0 Å². The van der Waals surface area contributed by atoms with Crippen molar-refractivity contribution in [3.63, 3.8) is 0 Å². The summed E-state index contributed by atoms with van der Waals surface area (Å²) in [5, 5.41) is 14.6. The number of carbonyl (C=O) groups is 1. The normalized spacial score (nSPS) is 9.60. The second-order valence-corrected chi connectivity index (χ2v) is 4.44. The van der Waals surface area contributed by atoms with Gasteiger partial charge < -0.3 is 16.4 Å². The maximum atomic E-state index is 11.9. The van der Waals surface area contributed by atoms with Crippen molar-refractivity contribution >= 4 is 34.7 Å². The topological polar surface area (TPSA) is 90.9 Å². The van der Waals surface area contributed by atoms with E-state index in [0.717, 1.165) is 0 Å². The molecule has 20 heavy (non-hydrogen) atoms. The van der Waals surface area contributed by atoms with Crippen molar-refractivity contribution in [1.82, 2.24) is 0 Å². The highest BCUT2D eigenvalue weighted by Crippen LogP contribution is 2.21. The van der Waals surface area contributed by atoms with E-state index in [0.29, 0.717) is 27.6 Å². The van der Waals surface area contributed by atoms with Gasteiger partial charge in [0.15, 0.2) is 0 Å². The standard InChI is InChI=1S/C14H11ClN4O/c15-10-5-4-9(8-16)13(6-10)19-14(20)18-12-3-1-2-11(17)7-12/h1-7H,17H2,(H2,18,19,20). The van der Waals surface area contributed by atoms with Gasteiger partial charge in [0.1, 0.15) is 6.07 Å². The molecule has 0 heterocycles. The average Bonchev–Trinajstić information content (AvgIpc) is 2.38. The summed E-state index contributed by atoms with van der Waals surface area (Å²) in [4.78, 5) is 11.9. The predicted molar refractivity (Wildman–Crippen MR) is 79.7 cm³/mol. The SMILES string of the molecule is N#Cc1ccc(Cl)cc1NC(=O)Nc1cccc(N)c1. The molecular weight excluding hydrogens is 276 g/mol. The summed E-state index contributed by atoms with van der Waals surface area (Å²) in [5.41, 5.74) is 7.40. The fraction of sp³-hybridized carbons (Fsp3) is 0. The Morgan fingerprint density at radius 1 is 1.20 bits per heavy atom. The van der Waals surface area contributed by atoms with Gasteiger partial charge in [-0.05, 0) is 36.4 Å². The number of carbonyl (C=O) groups excluding carboxylic acids is 1. The number of anilines is 3. The molecule has 100 valence electrons. The van der Waals surface area contributed by atoms with E-state index in [1.54, 1.807) is 36.4 Å². The van der Waals surface area contributed by atoms with Crippen molar-refractivity contribution in [3.8, 4) is 6.07 Å². The molecular formula is C14H11ClN4O. The van der Waals surface area contributed by atoms with Gasteiger partial charge in [-0.15, -0.1) is 0 Å². The van der Waals surface area contributed by atoms with E-state index in [9.17, 15) is 4.79 Å². The Hall–Kier alpha value is -2.71. The molecule has 0 radical (unpaired) electrons. The van der Waals surface area contributed by atoms with Crippen LogP contribution in [0.25, 0.3) is 0 Å². The zero-order valence-electron chi connectivity index (χ0n) is 10.4. The fourth-order valence-electron chi connectivity index (χ4n) is 1.62. The molecule has 2 amide bonds. The summed E-state index contributed by atoms with van der Waals surface area (Å²) in [6, 6.07) is 12.9. The number of nitrogens with two attached hydrogens (primary N) is 1. The number of amides is 2. The summed E-state index contributed by atoms with van der Waals surface area (Å²) in [6.45, 7) is 0. The van der Waals surface area contributed by atoms with Crippen LogP contribution in [0.1, 0.15) is 5.56 Å². The van der Waals surface area contributed by atoms with Gasteiger partial charge in [-0.25, -0.2) is 4.79 Å². The molecule has 4 N–H and O–H groups in total. The molecule has 0 atom stereocenters. The smallest absolute Gasteiger partial charge is 0.323 e. The van der Waals surface area contributed by atoms with E-state index in [1.165, 1.54) is 6.07 Å². The van der Waals surface area contributed by atoms with E-state index < -0.39 is 6.03 Å². The van der Waals surface area contributed by atoms with Crippen molar-refractivity contribution in [2.75, 3.05) is 16.4 Å². The number of urea groups is 1. The zero-order valence-corrected chi connectivity index (χ0v) is 11.1. The number of nitriles is 1. The third-order valence-corrected chi connectivity index (χ3v) is 2.73. The van der Waals surface area contributed by atoms with Crippen LogP contribution in [0.3, 0.4) is 0 Å². The van der Waals surface area contributed by atoms with Gasteiger partial charge in [0.2, 0.25) is 0 Å². The summed E-state index contributed by atoms with van der Waals surface area (Å²) in [5.74, 6) is 0. The maximum absolute atomic E-state index is 11.9. The quantitative estimate of drug-likeness (QED) is 0.739. The lowest BCUT2D eigenvalue weighted by Gasteiger charge is -2.09. The van der Waals surface area contributed by atoms with Gasteiger partial charge in [0.25, 0.3) is 0 Å². The fourth-order valence-corrected chi connectivity index (χ4v) is 1.79. The highest BCUT2D eigenvalue weighted by molar-refractivity contribution is 6.31. The Labute approximate surface area is 121 Å². The second-order valence-electron chi connectivity index (χ2n) is 4.01. The molecule has 2 rings (SSSR count). The van der Waals surface area contributed by atoms with E-state index in [2.05, 4.69) is 10.6 Å². The summed E-state index contributed by atoms with van der Waals surface area (Å²) < 4.78 is 0. The first-order valence-electron chi connectivity index (χ1n) is 5.71. The minimum atomic E-state index is -0.477. The van der Waals surface area contributed by atoms with Crippen LogP contribution in [0.4, 0.5) is 21.9 Å².